The number of carbonyl (C=O) groups is 5. The molecular weight excluding hydrogens is 887 g/mol. The molecule has 0 spiro atoms. The Morgan fingerprint density at radius 3 is 2.44 bits per heavy atom. The molecule has 0 aliphatic carbocycles. The molecule has 3 aromatic carbocycles. The van der Waals surface area contributed by atoms with Crippen molar-refractivity contribution in [1.82, 2.24) is 44.9 Å². The van der Waals surface area contributed by atoms with Gasteiger partial charge in [0.2, 0.25) is 11.8 Å². The highest BCUT2D eigenvalue weighted by atomic mass is 16.5. The van der Waals surface area contributed by atoms with Gasteiger partial charge in [-0.3, -0.25) is 44.1 Å². The number of piperidine rings is 1. The molecular formula is C54H51N9O7. The number of amides is 5. The van der Waals surface area contributed by atoms with E-state index >= 15 is 0 Å². The number of carbonyl (C=O) groups excluding carboxylic acids is 5. The molecule has 2 saturated heterocycles. The average Bonchev–Trinajstić information content (AvgIpc) is 3.65. The van der Waals surface area contributed by atoms with Gasteiger partial charge in [0.1, 0.15) is 29.8 Å². The van der Waals surface area contributed by atoms with Crippen LogP contribution in [-0.4, -0.2) is 128 Å². The van der Waals surface area contributed by atoms with Gasteiger partial charge >= 0.3 is 0 Å². The fourth-order valence-electron chi connectivity index (χ4n) is 9.25. The lowest BCUT2D eigenvalue weighted by molar-refractivity contribution is -0.136. The molecule has 16 nitrogen and oxygen atoms in total. The highest BCUT2D eigenvalue weighted by Crippen LogP contribution is 2.34. The summed E-state index contributed by atoms with van der Waals surface area (Å²) in [6, 6.07) is 25.1. The first kappa shape index (κ1) is 45.9. The van der Waals surface area contributed by atoms with Gasteiger partial charge in [0.05, 0.1) is 48.2 Å². The van der Waals surface area contributed by atoms with E-state index in [0.29, 0.717) is 67.8 Å². The third kappa shape index (κ3) is 10.3. The topological polar surface area (TPSA) is 180 Å². The van der Waals surface area contributed by atoms with Crippen molar-refractivity contribution in [3.05, 3.63) is 143 Å². The van der Waals surface area contributed by atoms with Crippen LogP contribution < -0.4 is 14.8 Å². The molecule has 7 heterocycles. The molecule has 3 aromatic heterocycles. The maximum Gasteiger partial charge on any atom is 0.266 e. The lowest BCUT2D eigenvalue weighted by Crippen LogP contribution is -2.54. The lowest BCUT2D eigenvalue weighted by atomic mass is 10.0. The molecule has 1 N–H and O–H groups in total. The second kappa shape index (κ2) is 20.8. The molecule has 0 saturated carbocycles. The maximum atomic E-state index is 13.6. The predicted octanol–water partition coefficient (Wildman–Crippen LogP) is 5.48. The van der Waals surface area contributed by atoms with Crippen LogP contribution in [0.15, 0.2) is 104 Å². The summed E-state index contributed by atoms with van der Waals surface area (Å²) in [5, 5.41) is 3.25. The summed E-state index contributed by atoms with van der Waals surface area (Å²) in [5.74, 6) is 5.83. The van der Waals surface area contributed by atoms with Crippen LogP contribution in [0.3, 0.4) is 0 Å². The largest absolute Gasteiger partial charge is 0.493 e. The predicted molar refractivity (Wildman–Crippen MR) is 258 cm³/mol. The van der Waals surface area contributed by atoms with Crippen LogP contribution >= 0.6 is 0 Å². The second-order valence-corrected chi connectivity index (χ2v) is 17.9. The van der Waals surface area contributed by atoms with Crippen LogP contribution in [0.5, 0.6) is 11.5 Å². The van der Waals surface area contributed by atoms with Gasteiger partial charge in [-0.05, 0) is 104 Å². The minimum absolute atomic E-state index is 0.0405. The van der Waals surface area contributed by atoms with Crippen molar-refractivity contribution in [2.24, 2.45) is 0 Å². The molecule has 354 valence electrons. The number of nitrogens with one attached hydrogen (secondary N) is 1. The Bertz CT molecular complexity index is 3030. The summed E-state index contributed by atoms with van der Waals surface area (Å²) >= 11 is 0. The van der Waals surface area contributed by atoms with Crippen LogP contribution in [0.4, 0.5) is 0 Å². The number of benzene rings is 3. The van der Waals surface area contributed by atoms with Crippen molar-refractivity contribution in [1.29, 1.82) is 0 Å². The number of aromatic nitrogens is 4. The summed E-state index contributed by atoms with van der Waals surface area (Å²) < 4.78 is 12.0. The Labute approximate surface area is 405 Å². The van der Waals surface area contributed by atoms with Crippen molar-refractivity contribution in [3.63, 3.8) is 0 Å². The molecule has 70 heavy (non-hydrogen) atoms. The number of fused-ring (bicyclic) bond motifs is 3. The SMILES string of the molecule is O=C1CCC(N2C(=O)c3cccc(OCCCCCN4CCN(CC#Cc5ccc(OCc6ccc(C(=O)N7CCc8cnc(-c9cnc%10ccccc%10c9)nc8C7)cc6)cn5)CC4)c3C2=O)C(=O)N1. The summed E-state index contributed by atoms with van der Waals surface area (Å²) in [6.07, 6.45) is 8.97. The first-order chi connectivity index (χ1) is 34.2. The van der Waals surface area contributed by atoms with Gasteiger partial charge in [-0.15, -0.1) is 0 Å². The minimum Gasteiger partial charge on any atom is -0.493 e. The molecule has 0 radical (unpaired) electrons. The zero-order chi connectivity index (χ0) is 48.0. The number of unbranched alkanes of at least 4 members (excludes halogenated alkanes) is 2. The number of nitrogens with zero attached hydrogens (tertiary/aromatic N) is 8. The Morgan fingerprint density at radius 1 is 0.771 bits per heavy atom. The fraction of sp³-hybridized carbons (Fsp3) is 0.315. The van der Waals surface area contributed by atoms with Crippen molar-refractivity contribution in [2.45, 2.75) is 57.7 Å². The van der Waals surface area contributed by atoms with Crippen molar-refractivity contribution in [3.8, 4) is 34.7 Å². The van der Waals surface area contributed by atoms with E-state index in [-0.39, 0.29) is 29.9 Å². The highest BCUT2D eigenvalue weighted by Gasteiger charge is 2.46. The quantitative estimate of drug-likeness (QED) is 0.0825. The molecule has 0 bridgehead atoms. The van der Waals surface area contributed by atoms with Crippen molar-refractivity contribution >= 4 is 40.4 Å². The Balaban J connectivity index is 0.611. The molecule has 2 fully saturated rings. The zero-order valence-corrected chi connectivity index (χ0v) is 38.6. The standard InChI is InChI=1S/C54H51N9O7/c64-48-20-19-46(51(65)59-48)63-53(67)43-10-6-12-47(49(43)54(63)68)69-29-5-1-4-22-60-25-27-61(28-26-60)23-7-9-41-17-18-42(33-55-41)70-35-36-13-15-37(16-14-36)52(66)62-24-21-39-31-57-50(58-45(39)34-62)40-30-38-8-2-3-11-44(38)56-32-40/h2-3,6,8,10-18,30-33,46H,1,4-5,19-29,34-35H2,(H,59,64,65). The summed E-state index contributed by atoms with van der Waals surface area (Å²) in [7, 11) is 0. The van der Waals surface area contributed by atoms with Gasteiger partial charge in [0.15, 0.2) is 5.82 Å². The van der Waals surface area contributed by atoms with E-state index < -0.39 is 29.7 Å². The number of rotatable bonds is 14. The van der Waals surface area contributed by atoms with Crippen molar-refractivity contribution < 1.29 is 33.4 Å². The first-order valence-electron chi connectivity index (χ1n) is 23.8. The number of para-hydroxylation sites is 1. The lowest BCUT2D eigenvalue weighted by Gasteiger charge is -2.33. The van der Waals surface area contributed by atoms with Gasteiger partial charge in [-0.25, -0.2) is 15.0 Å². The summed E-state index contributed by atoms with van der Waals surface area (Å²) in [6.45, 7) is 7.19. The maximum absolute atomic E-state index is 13.6. The summed E-state index contributed by atoms with van der Waals surface area (Å²) in [5.41, 5.74) is 6.29. The van der Waals surface area contributed by atoms with Crippen LogP contribution in [-0.2, 0) is 29.2 Å². The van der Waals surface area contributed by atoms with Crippen LogP contribution in [0.1, 0.15) is 85.7 Å². The van der Waals surface area contributed by atoms with E-state index in [4.69, 9.17) is 14.5 Å². The number of hydrogen-bond donors (Lipinski definition) is 1. The third-order valence-corrected chi connectivity index (χ3v) is 13.2. The number of hydrogen-bond acceptors (Lipinski definition) is 13. The third-order valence-electron chi connectivity index (χ3n) is 13.2. The summed E-state index contributed by atoms with van der Waals surface area (Å²) in [4.78, 5) is 90.2. The Hall–Kier alpha value is -7.87. The number of pyridine rings is 2. The zero-order valence-electron chi connectivity index (χ0n) is 38.6. The molecule has 5 amide bonds. The van der Waals surface area contributed by atoms with Gasteiger partial charge in [-0.1, -0.05) is 42.3 Å². The van der Waals surface area contributed by atoms with Gasteiger partial charge in [-0.2, -0.15) is 0 Å². The van der Waals surface area contributed by atoms with Crippen LogP contribution in [0.2, 0.25) is 0 Å². The fourth-order valence-corrected chi connectivity index (χ4v) is 9.25. The molecule has 4 aliphatic heterocycles. The van der Waals surface area contributed by atoms with E-state index in [2.05, 4.69) is 41.9 Å². The molecule has 1 atom stereocenters. The number of ether oxygens (including phenoxy) is 2. The van der Waals surface area contributed by atoms with Crippen LogP contribution in [0.25, 0.3) is 22.3 Å². The van der Waals surface area contributed by atoms with Gasteiger partial charge in [0, 0.05) is 68.1 Å². The van der Waals surface area contributed by atoms with Crippen molar-refractivity contribution in [2.75, 3.05) is 52.4 Å². The molecule has 6 aromatic rings. The smallest absolute Gasteiger partial charge is 0.266 e. The van der Waals surface area contributed by atoms with E-state index in [9.17, 15) is 24.0 Å². The minimum atomic E-state index is -1.01. The second-order valence-electron chi connectivity index (χ2n) is 17.9. The van der Waals surface area contributed by atoms with E-state index in [1.54, 1.807) is 30.6 Å². The molecule has 16 heteroatoms. The van der Waals surface area contributed by atoms with Gasteiger partial charge < -0.3 is 19.3 Å². The average molecular weight is 938 g/mol. The highest BCUT2D eigenvalue weighted by molar-refractivity contribution is 6.24. The van der Waals surface area contributed by atoms with E-state index in [1.165, 1.54) is 0 Å². The molecule has 4 aliphatic rings. The number of piperazine rings is 1. The monoisotopic (exact) mass is 937 g/mol. The van der Waals surface area contributed by atoms with E-state index in [0.717, 1.165) is 90.2 Å². The normalized spacial score (nSPS) is 17.2. The Morgan fingerprint density at radius 2 is 1.61 bits per heavy atom. The van der Waals surface area contributed by atoms with E-state index in [1.807, 2.05) is 77.8 Å². The van der Waals surface area contributed by atoms with Gasteiger partial charge in [0.25, 0.3) is 17.7 Å². The first-order valence-corrected chi connectivity index (χ1v) is 23.8. The number of imide groups is 2. The molecule has 1 unspecified atom stereocenters. The molecule has 10 rings (SSSR count). The Kier molecular flexibility index (Phi) is 13.6. The van der Waals surface area contributed by atoms with Crippen LogP contribution in [0, 0.1) is 11.8 Å².